The molecule has 0 aliphatic heterocycles. The lowest BCUT2D eigenvalue weighted by Gasteiger charge is -2.11. The van der Waals surface area contributed by atoms with Crippen molar-refractivity contribution in [3.8, 4) is 17.2 Å². The summed E-state index contributed by atoms with van der Waals surface area (Å²) in [5.74, 6) is 1.60. The number of carbonyl (C=O) groups is 1. The predicted octanol–water partition coefficient (Wildman–Crippen LogP) is 4.48. The minimum atomic E-state index is -0.207. The van der Waals surface area contributed by atoms with Gasteiger partial charge in [0.15, 0.2) is 11.5 Å². The molecule has 1 N–H and O–H groups in total. The third-order valence-corrected chi connectivity index (χ3v) is 3.92. The first kappa shape index (κ1) is 20.6. The first-order valence-electron chi connectivity index (χ1n) is 8.75. The summed E-state index contributed by atoms with van der Waals surface area (Å²) in [6.07, 6.45) is 3.14. The van der Waals surface area contributed by atoms with Crippen molar-refractivity contribution in [2.75, 3.05) is 20.3 Å². The number of hydrogen-bond acceptors (Lipinski definition) is 4. The van der Waals surface area contributed by atoms with Crippen molar-refractivity contribution in [3.63, 3.8) is 0 Å². The lowest BCUT2D eigenvalue weighted by molar-refractivity contribution is -0.116. The Balaban J connectivity index is 2.01. The molecule has 6 heteroatoms. The van der Waals surface area contributed by atoms with E-state index in [0.717, 1.165) is 16.9 Å². The maximum atomic E-state index is 12.1. The van der Waals surface area contributed by atoms with Crippen LogP contribution in [0.1, 0.15) is 25.0 Å². The Morgan fingerprint density at radius 1 is 1.15 bits per heavy atom. The zero-order valence-corrected chi connectivity index (χ0v) is 16.5. The number of amides is 1. The Hall–Kier alpha value is -2.66. The van der Waals surface area contributed by atoms with E-state index in [2.05, 4.69) is 5.32 Å². The molecule has 2 rings (SSSR count). The number of hydrogen-bond donors (Lipinski definition) is 1. The molecular formula is C21H24ClNO4. The van der Waals surface area contributed by atoms with Crippen LogP contribution in [0.4, 0.5) is 0 Å². The molecule has 0 bridgehead atoms. The molecule has 2 aromatic carbocycles. The molecule has 5 nitrogen and oxygen atoms in total. The average Bonchev–Trinajstić information content (AvgIpc) is 2.65. The fourth-order valence-corrected chi connectivity index (χ4v) is 2.77. The van der Waals surface area contributed by atoms with E-state index in [1.54, 1.807) is 18.2 Å². The molecule has 0 radical (unpaired) electrons. The minimum Gasteiger partial charge on any atom is -0.494 e. The van der Waals surface area contributed by atoms with Crippen molar-refractivity contribution < 1.29 is 19.0 Å². The van der Waals surface area contributed by atoms with Crippen molar-refractivity contribution >= 4 is 23.6 Å². The SMILES string of the molecule is CCOc1cccc(CNC(=O)/C=C/c2cc(Cl)c(OC)c(OCC)c2)c1. The van der Waals surface area contributed by atoms with Crippen LogP contribution < -0.4 is 19.5 Å². The van der Waals surface area contributed by atoms with Crippen LogP contribution in [0, 0.1) is 0 Å². The van der Waals surface area contributed by atoms with Gasteiger partial charge in [-0.1, -0.05) is 23.7 Å². The lowest BCUT2D eigenvalue weighted by atomic mass is 10.1. The first-order valence-corrected chi connectivity index (χ1v) is 9.13. The number of methoxy groups -OCH3 is 1. The van der Waals surface area contributed by atoms with Gasteiger partial charge >= 0.3 is 0 Å². The van der Waals surface area contributed by atoms with Crippen LogP contribution in [0.3, 0.4) is 0 Å². The smallest absolute Gasteiger partial charge is 0.244 e. The van der Waals surface area contributed by atoms with E-state index >= 15 is 0 Å². The third kappa shape index (κ3) is 6.22. The summed E-state index contributed by atoms with van der Waals surface area (Å²) in [4.78, 5) is 12.1. The van der Waals surface area contributed by atoms with E-state index in [1.807, 2.05) is 38.1 Å². The minimum absolute atomic E-state index is 0.207. The van der Waals surface area contributed by atoms with Gasteiger partial charge in [-0.25, -0.2) is 0 Å². The van der Waals surface area contributed by atoms with Gasteiger partial charge in [0.25, 0.3) is 0 Å². The molecule has 0 spiro atoms. The monoisotopic (exact) mass is 389 g/mol. The largest absolute Gasteiger partial charge is 0.494 e. The van der Waals surface area contributed by atoms with E-state index in [4.69, 9.17) is 25.8 Å². The molecule has 144 valence electrons. The zero-order chi connectivity index (χ0) is 19.6. The normalized spacial score (nSPS) is 10.7. The van der Waals surface area contributed by atoms with Crippen LogP contribution in [0.25, 0.3) is 6.08 Å². The van der Waals surface area contributed by atoms with Gasteiger partial charge in [-0.2, -0.15) is 0 Å². The molecule has 27 heavy (non-hydrogen) atoms. The molecule has 0 saturated carbocycles. The molecule has 2 aromatic rings. The Morgan fingerprint density at radius 3 is 2.63 bits per heavy atom. The van der Waals surface area contributed by atoms with Gasteiger partial charge in [-0.05, 0) is 55.3 Å². The highest BCUT2D eigenvalue weighted by Gasteiger charge is 2.10. The van der Waals surface area contributed by atoms with Crippen LogP contribution in [-0.2, 0) is 11.3 Å². The van der Waals surface area contributed by atoms with Gasteiger partial charge in [-0.3, -0.25) is 4.79 Å². The summed E-state index contributed by atoms with van der Waals surface area (Å²) in [5.41, 5.74) is 1.71. The van der Waals surface area contributed by atoms with Gasteiger partial charge in [0, 0.05) is 12.6 Å². The quantitative estimate of drug-likeness (QED) is 0.642. The summed E-state index contributed by atoms with van der Waals surface area (Å²) >= 11 is 6.22. The number of carbonyl (C=O) groups excluding carboxylic acids is 1. The van der Waals surface area contributed by atoms with E-state index in [0.29, 0.717) is 36.3 Å². The number of rotatable bonds is 9. The predicted molar refractivity (Wildman–Crippen MR) is 108 cm³/mol. The Labute approximate surface area is 164 Å². The lowest BCUT2D eigenvalue weighted by Crippen LogP contribution is -2.20. The van der Waals surface area contributed by atoms with Gasteiger partial charge in [0.05, 0.1) is 25.3 Å². The van der Waals surface area contributed by atoms with Crippen molar-refractivity contribution in [2.45, 2.75) is 20.4 Å². The van der Waals surface area contributed by atoms with E-state index in [-0.39, 0.29) is 5.91 Å². The molecule has 0 saturated heterocycles. The summed E-state index contributed by atoms with van der Waals surface area (Å²) < 4.78 is 16.2. The van der Waals surface area contributed by atoms with Gasteiger partial charge < -0.3 is 19.5 Å². The standard InChI is InChI=1S/C21H24ClNO4/c1-4-26-17-8-6-7-16(11-17)14-23-20(24)10-9-15-12-18(22)21(25-3)19(13-15)27-5-2/h6-13H,4-5,14H2,1-3H3,(H,23,24)/b10-9+. The molecule has 0 aliphatic rings. The average molecular weight is 390 g/mol. The Kier molecular flexibility index (Phi) is 8.01. The molecule has 0 unspecified atom stereocenters. The maximum absolute atomic E-state index is 12.1. The number of halogens is 1. The second-order valence-corrected chi connectivity index (χ2v) is 6.01. The number of ether oxygens (including phenoxy) is 3. The topological polar surface area (TPSA) is 56.8 Å². The zero-order valence-electron chi connectivity index (χ0n) is 15.8. The van der Waals surface area contributed by atoms with Gasteiger partial charge in [-0.15, -0.1) is 0 Å². The second kappa shape index (κ2) is 10.5. The van der Waals surface area contributed by atoms with Crippen LogP contribution in [0.15, 0.2) is 42.5 Å². The Morgan fingerprint density at radius 2 is 1.93 bits per heavy atom. The van der Waals surface area contributed by atoms with Gasteiger partial charge in [0.2, 0.25) is 5.91 Å². The molecule has 1 amide bonds. The van der Waals surface area contributed by atoms with Crippen molar-refractivity contribution in [2.24, 2.45) is 0 Å². The fraction of sp³-hybridized carbons (Fsp3) is 0.286. The third-order valence-electron chi connectivity index (χ3n) is 3.64. The van der Waals surface area contributed by atoms with E-state index in [1.165, 1.54) is 13.2 Å². The summed E-state index contributed by atoms with van der Waals surface area (Å²) in [6, 6.07) is 11.1. The first-order chi connectivity index (χ1) is 13.1. The second-order valence-electron chi connectivity index (χ2n) is 5.60. The fourth-order valence-electron chi connectivity index (χ4n) is 2.48. The van der Waals surface area contributed by atoms with Crippen LogP contribution in [0.5, 0.6) is 17.2 Å². The highest BCUT2D eigenvalue weighted by molar-refractivity contribution is 6.32. The highest BCUT2D eigenvalue weighted by Crippen LogP contribution is 2.36. The highest BCUT2D eigenvalue weighted by atomic mass is 35.5. The van der Waals surface area contributed by atoms with Crippen LogP contribution in [0.2, 0.25) is 5.02 Å². The van der Waals surface area contributed by atoms with Crippen molar-refractivity contribution in [1.82, 2.24) is 5.32 Å². The van der Waals surface area contributed by atoms with Crippen LogP contribution in [-0.4, -0.2) is 26.2 Å². The summed E-state index contributed by atoms with van der Waals surface area (Å²) in [5, 5.41) is 3.27. The molecule has 0 aromatic heterocycles. The van der Waals surface area contributed by atoms with Crippen molar-refractivity contribution in [3.05, 3.63) is 58.6 Å². The molecule has 0 fully saturated rings. The molecular weight excluding hydrogens is 366 g/mol. The van der Waals surface area contributed by atoms with Crippen molar-refractivity contribution in [1.29, 1.82) is 0 Å². The van der Waals surface area contributed by atoms with E-state index in [9.17, 15) is 4.79 Å². The number of nitrogens with one attached hydrogen (secondary N) is 1. The van der Waals surface area contributed by atoms with Crippen LogP contribution >= 0.6 is 11.6 Å². The molecule has 0 aliphatic carbocycles. The molecule has 0 atom stereocenters. The summed E-state index contributed by atoms with van der Waals surface area (Å²) in [6.45, 7) is 5.32. The number of benzene rings is 2. The Bertz CT molecular complexity index is 805. The maximum Gasteiger partial charge on any atom is 0.244 e. The summed E-state index contributed by atoms with van der Waals surface area (Å²) in [7, 11) is 1.53. The van der Waals surface area contributed by atoms with E-state index < -0.39 is 0 Å². The molecule has 0 heterocycles. The van der Waals surface area contributed by atoms with Gasteiger partial charge in [0.1, 0.15) is 5.75 Å².